The molecule has 0 aromatic heterocycles. The van der Waals surface area contributed by atoms with Crippen LogP contribution in [0.4, 0.5) is 8.78 Å². The van der Waals surface area contributed by atoms with Gasteiger partial charge >= 0.3 is 0 Å². The lowest BCUT2D eigenvalue weighted by atomic mass is 10.1. The average molecular weight is 172 g/mol. The van der Waals surface area contributed by atoms with E-state index < -0.39 is 11.6 Å². The van der Waals surface area contributed by atoms with Gasteiger partial charge in [0.05, 0.1) is 0 Å². The summed E-state index contributed by atoms with van der Waals surface area (Å²) in [4.78, 5) is 0. The molecule has 0 atom stereocenters. The van der Waals surface area contributed by atoms with Crippen LogP contribution in [0.15, 0.2) is 12.1 Å². The summed E-state index contributed by atoms with van der Waals surface area (Å²) in [5, 5.41) is 0. The van der Waals surface area contributed by atoms with Crippen LogP contribution in [0.1, 0.15) is 11.1 Å². The van der Waals surface area contributed by atoms with Crippen LogP contribution in [0, 0.1) is 11.6 Å². The highest BCUT2D eigenvalue weighted by atomic mass is 19.1. The van der Waals surface area contributed by atoms with Gasteiger partial charge in [-0.3, -0.25) is 0 Å². The minimum absolute atomic E-state index is 0.0403. The Labute approximate surface area is 69.2 Å². The van der Waals surface area contributed by atoms with Crippen molar-refractivity contribution in [3.05, 3.63) is 34.9 Å². The number of hydrogen-bond donors (Lipinski definition) is 2. The molecule has 0 fully saturated rings. The molecule has 0 spiro atoms. The van der Waals surface area contributed by atoms with Crippen molar-refractivity contribution in [1.82, 2.24) is 0 Å². The summed E-state index contributed by atoms with van der Waals surface area (Å²) >= 11 is 0. The van der Waals surface area contributed by atoms with E-state index in [2.05, 4.69) is 0 Å². The number of rotatable bonds is 2. The van der Waals surface area contributed by atoms with E-state index in [9.17, 15) is 8.78 Å². The van der Waals surface area contributed by atoms with Crippen LogP contribution < -0.4 is 11.5 Å². The summed E-state index contributed by atoms with van der Waals surface area (Å²) in [5.41, 5.74) is 11.3. The fourth-order valence-corrected chi connectivity index (χ4v) is 1.07. The molecule has 1 aromatic rings. The molecule has 12 heavy (non-hydrogen) atoms. The van der Waals surface area contributed by atoms with E-state index in [0.29, 0.717) is 11.1 Å². The summed E-state index contributed by atoms with van der Waals surface area (Å²) in [6, 6.07) is 2.01. The minimum atomic E-state index is -0.627. The second kappa shape index (κ2) is 3.60. The van der Waals surface area contributed by atoms with Crippen molar-refractivity contribution in [1.29, 1.82) is 0 Å². The van der Waals surface area contributed by atoms with E-state index >= 15 is 0 Å². The van der Waals surface area contributed by atoms with Gasteiger partial charge in [0, 0.05) is 24.7 Å². The van der Waals surface area contributed by atoms with E-state index in [1.54, 1.807) is 0 Å². The smallest absolute Gasteiger partial charge is 0.130 e. The molecule has 0 amide bonds. The van der Waals surface area contributed by atoms with Crippen LogP contribution >= 0.6 is 0 Å². The second-order valence-corrected chi connectivity index (χ2v) is 2.43. The molecule has 0 saturated carbocycles. The Kier molecular flexibility index (Phi) is 2.73. The Bertz CT molecular complexity index is 287. The molecule has 4 N–H and O–H groups in total. The molecule has 0 heterocycles. The summed E-state index contributed by atoms with van der Waals surface area (Å²) in [5.74, 6) is -1.25. The third kappa shape index (κ3) is 1.60. The van der Waals surface area contributed by atoms with Gasteiger partial charge in [0.15, 0.2) is 0 Å². The highest BCUT2D eigenvalue weighted by Gasteiger charge is 2.07. The third-order valence-electron chi connectivity index (χ3n) is 1.68. The van der Waals surface area contributed by atoms with E-state index in [0.717, 1.165) is 6.07 Å². The highest BCUT2D eigenvalue weighted by Crippen LogP contribution is 2.14. The normalized spacial score (nSPS) is 10.3. The molecule has 0 unspecified atom stereocenters. The number of halogens is 2. The SMILES string of the molecule is NCc1cc(F)cc(F)c1CN. The lowest BCUT2D eigenvalue weighted by molar-refractivity contribution is 0.568. The summed E-state index contributed by atoms with van der Waals surface area (Å²) in [6.07, 6.45) is 0. The first-order valence-corrected chi connectivity index (χ1v) is 3.56. The van der Waals surface area contributed by atoms with Crippen molar-refractivity contribution >= 4 is 0 Å². The molecule has 0 aliphatic heterocycles. The molecular formula is C8H10F2N2. The third-order valence-corrected chi connectivity index (χ3v) is 1.68. The minimum Gasteiger partial charge on any atom is -0.326 e. The quantitative estimate of drug-likeness (QED) is 0.695. The Morgan fingerprint density at radius 2 is 1.75 bits per heavy atom. The molecule has 1 rings (SSSR count). The highest BCUT2D eigenvalue weighted by molar-refractivity contribution is 5.29. The topological polar surface area (TPSA) is 52.0 Å². The van der Waals surface area contributed by atoms with Gasteiger partial charge in [0.1, 0.15) is 11.6 Å². The summed E-state index contributed by atoms with van der Waals surface area (Å²) < 4.78 is 25.5. The van der Waals surface area contributed by atoms with Crippen molar-refractivity contribution in [2.45, 2.75) is 13.1 Å². The molecule has 0 saturated heterocycles. The second-order valence-electron chi connectivity index (χ2n) is 2.43. The van der Waals surface area contributed by atoms with Crippen molar-refractivity contribution in [3.8, 4) is 0 Å². The molecule has 1 aromatic carbocycles. The maximum atomic E-state index is 12.9. The standard InChI is InChI=1S/C8H10F2N2/c9-6-1-5(3-11)7(4-12)8(10)2-6/h1-2H,3-4,11-12H2. The zero-order chi connectivity index (χ0) is 9.14. The van der Waals surface area contributed by atoms with E-state index in [-0.39, 0.29) is 13.1 Å². The van der Waals surface area contributed by atoms with Crippen molar-refractivity contribution in [2.75, 3.05) is 0 Å². The largest absolute Gasteiger partial charge is 0.326 e. The summed E-state index contributed by atoms with van der Waals surface area (Å²) in [6.45, 7) is 0.139. The van der Waals surface area contributed by atoms with Crippen LogP contribution in [-0.4, -0.2) is 0 Å². The van der Waals surface area contributed by atoms with E-state index in [4.69, 9.17) is 11.5 Å². The number of nitrogens with two attached hydrogens (primary N) is 2. The number of benzene rings is 1. The molecule has 0 bridgehead atoms. The van der Waals surface area contributed by atoms with Gasteiger partial charge in [0.25, 0.3) is 0 Å². The molecular weight excluding hydrogens is 162 g/mol. The van der Waals surface area contributed by atoms with Gasteiger partial charge < -0.3 is 11.5 Å². The van der Waals surface area contributed by atoms with Gasteiger partial charge in [0.2, 0.25) is 0 Å². The molecule has 66 valence electrons. The van der Waals surface area contributed by atoms with Crippen LogP contribution in [0.2, 0.25) is 0 Å². The number of hydrogen-bond acceptors (Lipinski definition) is 2. The molecule has 2 nitrogen and oxygen atoms in total. The molecule has 0 radical (unpaired) electrons. The van der Waals surface area contributed by atoms with Crippen molar-refractivity contribution in [3.63, 3.8) is 0 Å². The Hall–Kier alpha value is -1.00. The van der Waals surface area contributed by atoms with Gasteiger partial charge in [-0.1, -0.05) is 0 Å². The van der Waals surface area contributed by atoms with E-state index in [1.807, 2.05) is 0 Å². The fourth-order valence-electron chi connectivity index (χ4n) is 1.07. The van der Waals surface area contributed by atoms with Crippen molar-refractivity contribution < 1.29 is 8.78 Å². The van der Waals surface area contributed by atoms with Crippen LogP contribution in [0.3, 0.4) is 0 Å². The van der Waals surface area contributed by atoms with Gasteiger partial charge in [-0.25, -0.2) is 8.78 Å². The Balaban J connectivity index is 3.24. The predicted octanol–water partition coefficient (Wildman–Crippen LogP) is 0.882. The van der Waals surface area contributed by atoms with Gasteiger partial charge in [-0.2, -0.15) is 0 Å². The van der Waals surface area contributed by atoms with Gasteiger partial charge in [-0.05, 0) is 11.6 Å². The lowest BCUT2D eigenvalue weighted by Gasteiger charge is -2.06. The first-order chi connectivity index (χ1) is 5.69. The van der Waals surface area contributed by atoms with Crippen LogP contribution in [0.5, 0.6) is 0 Å². The monoisotopic (exact) mass is 172 g/mol. The average Bonchev–Trinajstić information content (AvgIpc) is 2.03. The first kappa shape index (κ1) is 9.09. The summed E-state index contributed by atoms with van der Waals surface area (Å²) in [7, 11) is 0. The Morgan fingerprint density at radius 1 is 1.08 bits per heavy atom. The van der Waals surface area contributed by atoms with Gasteiger partial charge in [-0.15, -0.1) is 0 Å². The molecule has 4 heteroatoms. The maximum Gasteiger partial charge on any atom is 0.130 e. The van der Waals surface area contributed by atoms with Crippen LogP contribution in [0.25, 0.3) is 0 Å². The Morgan fingerprint density at radius 3 is 2.25 bits per heavy atom. The van der Waals surface area contributed by atoms with E-state index in [1.165, 1.54) is 6.07 Å². The molecule has 0 aliphatic rings. The zero-order valence-electron chi connectivity index (χ0n) is 6.48. The zero-order valence-corrected chi connectivity index (χ0v) is 6.48. The molecule has 0 aliphatic carbocycles. The van der Waals surface area contributed by atoms with Crippen LogP contribution in [-0.2, 0) is 13.1 Å². The lowest BCUT2D eigenvalue weighted by Crippen LogP contribution is -2.09. The maximum absolute atomic E-state index is 12.9. The first-order valence-electron chi connectivity index (χ1n) is 3.56. The fraction of sp³-hybridized carbons (Fsp3) is 0.250. The van der Waals surface area contributed by atoms with Crippen molar-refractivity contribution in [2.24, 2.45) is 11.5 Å². The predicted molar refractivity (Wildman–Crippen MR) is 42.1 cm³/mol.